The predicted octanol–water partition coefficient (Wildman–Crippen LogP) is 4.59. The van der Waals surface area contributed by atoms with E-state index in [1.807, 2.05) is 42.5 Å². The fourth-order valence-electron chi connectivity index (χ4n) is 5.80. The molecule has 3 aliphatic heterocycles. The number of allylic oxidation sites excluding steroid dienone is 1. The van der Waals surface area contributed by atoms with Gasteiger partial charge in [-0.3, -0.25) is 19.4 Å². The highest BCUT2D eigenvalue weighted by Crippen LogP contribution is 2.27. The molecule has 7 rings (SSSR count). The molecule has 240 valence electrons. The van der Waals surface area contributed by atoms with Gasteiger partial charge in [-0.2, -0.15) is 0 Å². The molecule has 4 aromatic rings. The minimum atomic E-state index is -0.518. The number of methoxy groups -OCH3 is 1. The van der Waals surface area contributed by atoms with Gasteiger partial charge in [-0.1, -0.05) is 30.3 Å². The number of piperidine rings is 1. The number of aromatic nitrogens is 1. The summed E-state index contributed by atoms with van der Waals surface area (Å²) >= 11 is 0. The van der Waals surface area contributed by atoms with Gasteiger partial charge in [-0.25, -0.2) is 0 Å². The smallest absolute Gasteiger partial charge is 0.258 e. The van der Waals surface area contributed by atoms with Gasteiger partial charge in [0.15, 0.2) is 6.61 Å². The lowest BCUT2D eigenvalue weighted by atomic mass is 9.99. The molecule has 6 bridgehead atoms. The average Bonchev–Trinajstić information content (AvgIpc) is 3.10. The van der Waals surface area contributed by atoms with Crippen LogP contribution in [0.1, 0.15) is 38.3 Å². The molecule has 3 aliphatic rings. The lowest BCUT2D eigenvalue weighted by Crippen LogP contribution is -2.58. The second kappa shape index (κ2) is 14.2. The summed E-state index contributed by atoms with van der Waals surface area (Å²) in [6, 6.07) is 21.3. The topological polar surface area (TPSA) is 119 Å². The van der Waals surface area contributed by atoms with Crippen molar-refractivity contribution >= 4 is 17.7 Å². The zero-order chi connectivity index (χ0) is 32.8. The second-order valence-electron chi connectivity index (χ2n) is 11.5. The van der Waals surface area contributed by atoms with Gasteiger partial charge >= 0.3 is 0 Å². The Morgan fingerprint density at radius 2 is 1.85 bits per heavy atom. The zero-order valence-electron chi connectivity index (χ0n) is 26.1. The highest BCUT2D eigenvalue weighted by molar-refractivity contribution is 5.96. The van der Waals surface area contributed by atoms with Crippen molar-refractivity contribution in [3.05, 3.63) is 120 Å². The predicted molar refractivity (Wildman–Crippen MR) is 177 cm³/mol. The van der Waals surface area contributed by atoms with E-state index in [4.69, 9.17) is 14.2 Å². The van der Waals surface area contributed by atoms with E-state index >= 15 is 0 Å². The molecule has 47 heavy (non-hydrogen) atoms. The summed E-state index contributed by atoms with van der Waals surface area (Å²) < 4.78 is 17.6. The summed E-state index contributed by atoms with van der Waals surface area (Å²) in [5.74, 6) is 1.11. The van der Waals surface area contributed by atoms with Gasteiger partial charge in [0.1, 0.15) is 23.4 Å². The molecule has 3 aromatic carbocycles. The van der Waals surface area contributed by atoms with E-state index in [0.29, 0.717) is 59.9 Å². The molecule has 0 radical (unpaired) electrons. The van der Waals surface area contributed by atoms with Gasteiger partial charge in [0, 0.05) is 49.6 Å². The Hall–Kier alpha value is -5.64. The molecule has 1 fully saturated rings. The number of pyridine rings is 1. The molecule has 0 saturated carbocycles. The van der Waals surface area contributed by atoms with E-state index in [-0.39, 0.29) is 30.9 Å². The number of hydrogen-bond acceptors (Lipinski definition) is 7. The molecule has 0 unspecified atom stereocenters. The monoisotopic (exact) mass is 632 g/mol. The van der Waals surface area contributed by atoms with Crippen LogP contribution >= 0.6 is 0 Å². The lowest BCUT2D eigenvalue weighted by molar-refractivity contribution is -0.123. The Balaban J connectivity index is 1.30. The van der Waals surface area contributed by atoms with Crippen LogP contribution in [0.3, 0.4) is 0 Å². The van der Waals surface area contributed by atoms with Gasteiger partial charge in [0.25, 0.3) is 17.7 Å². The van der Waals surface area contributed by atoms with Crippen molar-refractivity contribution in [1.82, 2.24) is 20.5 Å². The van der Waals surface area contributed by atoms with Crippen molar-refractivity contribution in [2.45, 2.75) is 31.5 Å². The third-order valence-electron chi connectivity index (χ3n) is 8.28. The maximum Gasteiger partial charge on any atom is 0.258 e. The summed E-state index contributed by atoms with van der Waals surface area (Å²) in [6.07, 6.45) is 5.60. The Morgan fingerprint density at radius 1 is 1.02 bits per heavy atom. The average molecular weight is 633 g/mol. The maximum absolute atomic E-state index is 13.8. The quantitative estimate of drug-likeness (QED) is 0.316. The Kier molecular flexibility index (Phi) is 9.47. The van der Waals surface area contributed by atoms with E-state index in [0.717, 1.165) is 16.7 Å². The Bertz CT molecular complexity index is 1790. The first kappa shape index (κ1) is 31.3. The van der Waals surface area contributed by atoms with Gasteiger partial charge in [0.05, 0.1) is 18.7 Å². The van der Waals surface area contributed by atoms with Crippen LogP contribution in [0.2, 0.25) is 0 Å². The third-order valence-corrected chi connectivity index (χ3v) is 8.28. The van der Waals surface area contributed by atoms with Crippen molar-refractivity contribution in [3.8, 4) is 28.4 Å². The minimum Gasteiger partial charge on any atom is -0.496 e. The normalized spacial score (nSPS) is 18.0. The number of hydrogen-bond donors (Lipinski definition) is 2. The fraction of sp³-hybridized carbons (Fsp3) is 0.243. The van der Waals surface area contributed by atoms with Crippen molar-refractivity contribution in [1.29, 1.82) is 0 Å². The van der Waals surface area contributed by atoms with Crippen LogP contribution in [0.15, 0.2) is 97.8 Å². The molecule has 2 atom stereocenters. The van der Waals surface area contributed by atoms with Crippen molar-refractivity contribution in [2.24, 2.45) is 0 Å². The SMILES string of the molecule is C=CCc1cc(C(=O)N2CC[C@@H]3Oc4ccc(cc4)CNC(=O)COc4cccc(c4)-c4cncc(c4)C(=O)N[C@@H]3C2)ccc1OC. The number of nitrogens with one attached hydrogen (secondary N) is 2. The van der Waals surface area contributed by atoms with Crippen LogP contribution in [-0.4, -0.2) is 66.6 Å². The van der Waals surface area contributed by atoms with E-state index in [2.05, 4.69) is 22.2 Å². The summed E-state index contributed by atoms with van der Waals surface area (Å²) in [7, 11) is 1.60. The van der Waals surface area contributed by atoms with Crippen LogP contribution in [0.25, 0.3) is 11.1 Å². The first-order valence-electron chi connectivity index (χ1n) is 15.5. The number of amides is 3. The maximum atomic E-state index is 13.8. The summed E-state index contributed by atoms with van der Waals surface area (Å²) in [6.45, 7) is 4.70. The van der Waals surface area contributed by atoms with Gasteiger partial charge in [0.2, 0.25) is 0 Å². The van der Waals surface area contributed by atoms with Crippen molar-refractivity contribution in [3.63, 3.8) is 0 Å². The molecule has 0 aliphatic carbocycles. The van der Waals surface area contributed by atoms with Crippen LogP contribution in [0.5, 0.6) is 17.2 Å². The number of ether oxygens (including phenoxy) is 3. The molecule has 10 heteroatoms. The molecule has 4 heterocycles. The van der Waals surface area contributed by atoms with E-state index in [1.165, 1.54) is 6.20 Å². The first-order chi connectivity index (χ1) is 22.9. The minimum absolute atomic E-state index is 0.137. The molecule has 0 spiro atoms. The van der Waals surface area contributed by atoms with E-state index < -0.39 is 12.1 Å². The number of benzene rings is 3. The van der Waals surface area contributed by atoms with Crippen LogP contribution in [0, 0.1) is 0 Å². The number of carbonyl (C=O) groups excluding carboxylic acids is 3. The zero-order valence-corrected chi connectivity index (χ0v) is 26.1. The summed E-state index contributed by atoms with van der Waals surface area (Å²) in [4.78, 5) is 46.0. The summed E-state index contributed by atoms with van der Waals surface area (Å²) in [5, 5.41) is 6.01. The van der Waals surface area contributed by atoms with Crippen LogP contribution in [0.4, 0.5) is 0 Å². The number of carbonyl (C=O) groups is 3. The number of rotatable bonds is 4. The van der Waals surface area contributed by atoms with Crippen molar-refractivity contribution < 1.29 is 28.6 Å². The van der Waals surface area contributed by atoms with Crippen LogP contribution in [-0.2, 0) is 17.8 Å². The van der Waals surface area contributed by atoms with E-state index in [1.54, 1.807) is 54.6 Å². The fourth-order valence-corrected chi connectivity index (χ4v) is 5.80. The molecule has 1 aromatic heterocycles. The molecule has 2 N–H and O–H groups in total. The highest BCUT2D eigenvalue weighted by Gasteiger charge is 2.35. The summed E-state index contributed by atoms with van der Waals surface area (Å²) in [5.41, 5.74) is 4.16. The second-order valence-corrected chi connectivity index (χ2v) is 11.5. The largest absolute Gasteiger partial charge is 0.496 e. The number of fused-ring (bicyclic) bond motifs is 7. The molecule has 3 amide bonds. The van der Waals surface area contributed by atoms with Gasteiger partial charge in [-0.15, -0.1) is 6.58 Å². The Morgan fingerprint density at radius 3 is 2.66 bits per heavy atom. The first-order valence-corrected chi connectivity index (χ1v) is 15.5. The molecular weight excluding hydrogens is 596 g/mol. The standard InChI is InChI=1S/C37H36N4O6/c1-3-5-26-16-27(10-13-33(26)45-2)37(44)41-15-14-34-32(22-41)40-36(43)29-17-28(20-38-21-29)25-6-4-7-31(18-25)46-23-35(42)39-19-24-8-11-30(47-34)12-9-24/h3-4,6-13,16-18,20-21,32,34H,1,5,14-15,19,22-23H2,2H3,(H,39,42)(H,40,43)/t32-,34+/m1/s1. The van der Waals surface area contributed by atoms with Gasteiger partial charge in [-0.05, 0) is 71.6 Å². The number of likely N-dealkylation sites (tertiary alicyclic amines) is 1. The molecular formula is C37H36N4O6. The van der Waals surface area contributed by atoms with Crippen molar-refractivity contribution in [2.75, 3.05) is 26.8 Å². The molecule has 1 saturated heterocycles. The third kappa shape index (κ3) is 7.44. The number of nitrogens with zero attached hydrogens (tertiary/aromatic N) is 2. The molecule has 10 nitrogen and oxygen atoms in total. The lowest BCUT2D eigenvalue weighted by Gasteiger charge is -2.39. The van der Waals surface area contributed by atoms with Gasteiger partial charge < -0.3 is 29.7 Å². The highest BCUT2D eigenvalue weighted by atomic mass is 16.5. The Labute approximate surface area is 273 Å². The van der Waals surface area contributed by atoms with E-state index in [9.17, 15) is 14.4 Å². The van der Waals surface area contributed by atoms with Crippen LogP contribution < -0.4 is 24.8 Å².